The molecule has 0 saturated heterocycles. The molecule has 18 heavy (non-hydrogen) atoms. The number of aliphatic hydroxyl groups excluding tert-OH is 1. The number of Topliss-reactive ketones (excluding diaryl/α,β-unsaturated/α-hetero) is 1. The van der Waals surface area contributed by atoms with Crippen molar-refractivity contribution in [1.29, 1.82) is 0 Å². The number of hydrogen-bond donors (Lipinski definition) is 1. The SMILES string of the molecule is CCCCC(CC)COC(=O)/C(C(C)=O)=C(\C)O. The minimum absolute atomic E-state index is 0.250. The molecule has 0 saturated carbocycles. The molecule has 0 amide bonds. The van der Waals surface area contributed by atoms with Crippen LogP contribution in [0.3, 0.4) is 0 Å². The minimum Gasteiger partial charge on any atom is -0.512 e. The van der Waals surface area contributed by atoms with E-state index in [-0.39, 0.29) is 11.3 Å². The first kappa shape index (κ1) is 16.7. The number of carbonyl (C=O) groups is 2. The van der Waals surface area contributed by atoms with Gasteiger partial charge in [0, 0.05) is 0 Å². The molecule has 0 fully saturated rings. The van der Waals surface area contributed by atoms with Crippen molar-refractivity contribution in [1.82, 2.24) is 0 Å². The van der Waals surface area contributed by atoms with Gasteiger partial charge in [-0.05, 0) is 26.2 Å². The molecule has 0 aromatic heterocycles. The molecule has 0 aliphatic heterocycles. The minimum atomic E-state index is -0.725. The molecule has 0 aliphatic rings. The highest BCUT2D eigenvalue weighted by atomic mass is 16.5. The lowest BCUT2D eigenvalue weighted by Crippen LogP contribution is -2.19. The van der Waals surface area contributed by atoms with Crippen LogP contribution in [0.5, 0.6) is 0 Å². The van der Waals surface area contributed by atoms with Gasteiger partial charge in [0.05, 0.1) is 6.61 Å². The Labute approximate surface area is 109 Å². The van der Waals surface area contributed by atoms with Gasteiger partial charge in [-0.2, -0.15) is 0 Å². The maximum Gasteiger partial charge on any atom is 0.345 e. The summed E-state index contributed by atoms with van der Waals surface area (Å²) >= 11 is 0. The van der Waals surface area contributed by atoms with Gasteiger partial charge in [0.25, 0.3) is 0 Å². The lowest BCUT2D eigenvalue weighted by Gasteiger charge is -2.15. The molecule has 0 aromatic rings. The van der Waals surface area contributed by atoms with Gasteiger partial charge < -0.3 is 9.84 Å². The lowest BCUT2D eigenvalue weighted by molar-refractivity contribution is -0.142. The summed E-state index contributed by atoms with van der Waals surface area (Å²) in [6.45, 7) is 7.02. The van der Waals surface area contributed by atoms with E-state index in [2.05, 4.69) is 6.92 Å². The number of ketones is 1. The predicted molar refractivity (Wildman–Crippen MR) is 70.3 cm³/mol. The van der Waals surface area contributed by atoms with E-state index in [1.54, 1.807) is 0 Å². The third-order valence-electron chi connectivity index (χ3n) is 2.91. The van der Waals surface area contributed by atoms with E-state index in [1.165, 1.54) is 13.8 Å². The smallest absolute Gasteiger partial charge is 0.345 e. The summed E-state index contributed by atoms with van der Waals surface area (Å²) in [6.07, 6.45) is 4.16. The number of rotatable bonds is 8. The van der Waals surface area contributed by atoms with Crippen LogP contribution >= 0.6 is 0 Å². The number of unbranched alkanes of at least 4 members (excludes halogenated alkanes) is 1. The molecule has 0 radical (unpaired) electrons. The van der Waals surface area contributed by atoms with Crippen molar-refractivity contribution in [3.05, 3.63) is 11.3 Å². The van der Waals surface area contributed by atoms with Crippen molar-refractivity contribution in [3.63, 3.8) is 0 Å². The summed E-state index contributed by atoms with van der Waals surface area (Å²) in [5.41, 5.74) is -0.250. The van der Waals surface area contributed by atoms with Crippen LogP contribution < -0.4 is 0 Å². The molecule has 0 heterocycles. The van der Waals surface area contributed by atoms with E-state index in [1.807, 2.05) is 6.92 Å². The third-order valence-corrected chi connectivity index (χ3v) is 2.91. The second kappa shape index (κ2) is 8.72. The zero-order chi connectivity index (χ0) is 14.1. The molecule has 0 aromatic carbocycles. The Bertz CT molecular complexity index is 314. The third kappa shape index (κ3) is 5.84. The predicted octanol–water partition coefficient (Wildman–Crippen LogP) is 3.17. The molecule has 1 atom stereocenters. The summed E-state index contributed by atoms with van der Waals surface area (Å²) in [7, 11) is 0. The zero-order valence-corrected chi connectivity index (χ0v) is 11.8. The Morgan fingerprint density at radius 1 is 1.22 bits per heavy atom. The summed E-state index contributed by atoms with van der Waals surface area (Å²) in [6, 6.07) is 0. The van der Waals surface area contributed by atoms with Gasteiger partial charge in [0.1, 0.15) is 11.3 Å². The van der Waals surface area contributed by atoms with Crippen molar-refractivity contribution in [2.24, 2.45) is 5.92 Å². The molecule has 4 nitrogen and oxygen atoms in total. The Balaban J connectivity index is 4.39. The lowest BCUT2D eigenvalue weighted by atomic mass is 10.0. The fourth-order valence-electron chi connectivity index (χ4n) is 1.71. The van der Waals surface area contributed by atoms with Crippen LogP contribution in [0.15, 0.2) is 11.3 Å². The molecular weight excluding hydrogens is 232 g/mol. The van der Waals surface area contributed by atoms with Gasteiger partial charge in [-0.1, -0.05) is 33.1 Å². The van der Waals surface area contributed by atoms with E-state index in [0.29, 0.717) is 12.5 Å². The average molecular weight is 256 g/mol. The van der Waals surface area contributed by atoms with Crippen molar-refractivity contribution in [3.8, 4) is 0 Å². The Kier molecular flexibility index (Phi) is 8.08. The van der Waals surface area contributed by atoms with Crippen LogP contribution in [-0.2, 0) is 14.3 Å². The molecule has 1 N–H and O–H groups in total. The largest absolute Gasteiger partial charge is 0.512 e. The fraction of sp³-hybridized carbons (Fsp3) is 0.714. The highest BCUT2D eigenvalue weighted by Crippen LogP contribution is 2.14. The van der Waals surface area contributed by atoms with Crippen molar-refractivity contribution in [2.75, 3.05) is 6.61 Å². The second-order valence-corrected chi connectivity index (χ2v) is 4.53. The van der Waals surface area contributed by atoms with Gasteiger partial charge >= 0.3 is 5.97 Å². The number of ether oxygens (including phenoxy) is 1. The van der Waals surface area contributed by atoms with Crippen molar-refractivity contribution in [2.45, 2.75) is 53.4 Å². The van der Waals surface area contributed by atoms with Crippen LogP contribution in [0.1, 0.15) is 53.4 Å². The summed E-state index contributed by atoms with van der Waals surface area (Å²) in [4.78, 5) is 22.9. The Morgan fingerprint density at radius 3 is 2.22 bits per heavy atom. The zero-order valence-electron chi connectivity index (χ0n) is 11.8. The molecular formula is C14H24O4. The molecule has 0 rings (SSSR count). The maximum absolute atomic E-state index is 11.7. The Hall–Kier alpha value is -1.32. The quantitative estimate of drug-likeness (QED) is 0.238. The van der Waals surface area contributed by atoms with Crippen molar-refractivity contribution < 1.29 is 19.4 Å². The monoisotopic (exact) mass is 256 g/mol. The van der Waals surface area contributed by atoms with Crippen LogP contribution in [-0.4, -0.2) is 23.5 Å². The molecule has 0 spiro atoms. The standard InChI is InChI=1S/C14H24O4/c1-5-7-8-12(6-2)9-18-14(17)13(10(3)15)11(4)16/h12,15H,5-9H2,1-4H3/b13-10+. The van der Waals surface area contributed by atoms with Crippen LogP contribution in [0.4, 0.5) is 0 Å². The van der Waals surface area contributed by atoms with Gasteiger partial charge in [-0.15, -0.1) is 0 Å². The summed E-state index contributed by atoms with van der Waals surface area (Å²) < 4.78 is 5.10. The van der Waals surface area contributed by atoms with E-state index in [0.717, 1.165) is 25.7 Å². The van der Waals surface area contributed by atoms with Crippen molar-refractivity contribution >= 4 is 11.8 Å². The summed E-state index contributed by atoms with van der Waals surface area (Å²) in [5.74, 6) is -1.16. The normalized spacial score (nSPS) is 13.8. The first-order valence-corrected chi connectivity index (χ1v) is 6.51. The molecule has 0 aliphatic carbocycles. The van der Waals surface area contributed by atoms with Gasteiger partial charge in [-0.25, -0.2) is 4.79 Å². The Morgan fingerprint density at radius 2 is 1.83 bits per heavy atom. The number of allylic oxidation sites excluding steroid dienone is 1. The molecule has 0 bridgehead atoms. The summed E-state index contributed by atoms with van der Waals surface area (Å²) in [5, 5.41) is 9.27. The van der Waals surface area contributed by atoms with E-state index >= 15 is 0 Å². The number of aliphatic hydroxyl groups is 1. The number of carbonyl (C=O) groups excluding carboxylic acids is 2. The second-order valence-electron chi connectivity index (χ2n) is 4.53. The average Bonchev–Trinajstić information content (AvgIpc) is 2.28. The number of hydrogen-bond acceptors (Lipinski definition) is 4. The van der Waals surface area contributed by atoms with Crippen LogP contribution in [0, 0.1) is 5.92 Å². The van der Waals surface area contributed by atoms with E-state index in [9.17, 15) is 14.7 Å². The first-order chi connectivity index (χ1) is 8.43. The highest BCUT2D eigenvalue weighted by Gasteiger charge is 2.20. The van der Waals surface area contributed by atoms with E-state index < -0.39 is 11.8 Å². The van der Waals surface area contributed by atoms with Crippen LogP contribution in [0.25, 0.3) is 0 Å². The fourth-order valence-corrected chi connectivity index (χ4v) is 1.71. The van der Waals surface area contributed by atoms with Gasteiger partial charge in [0.2, 0.25) is 0 Å². The topological polar surface area (TPSA) is 63.6 Å². The first-order valence-electron chi connectivity index (χ1n) is 6.51. The number of esters is 1. The van der Waals surface area contributed by atoms with Crippen LogP contribution in [0.2, 0.25) is 0 Å². The van der Waals surface area contributed by atoms with Gasteiger partial charge in [-0.3, -0.25) is 4.79 Å². The molecule has 4 heteroatoms. The molecule has 1 unspecified atom stereocenters. The maximum atomic E-state index is 11.7. The molecule has 104 valence electrons. The van der Waals surface area contributed by atoms with Gasteiger partial charge in [0.15, 0.2) is 5.78 Å². The highest BCUT2D eigenvalue weighted by molar-refractivity contribution is 6.16. The van der Waals surface area contributed by atoms with E-state index in [4.69, 9.17) is 4.74 Å².